The summed E-state index contributed by atoms with van der Waals surface area (Å²) in [5.74, 6) is 0.552. The smallest absolute Gasteiger partial charge is 0.130 e. The lowest BCUT2D eigenvalue weighted by Crippen LogP contribution is -2.41. The number of nitrogens with one attached hydrogen (secondary N) is 1. The predicted octanol–water partition coefficient (Wildman–Crippen LogP) is 2.33. The van der Waals surface area contributed by atoms with Gasteiger partial charge in [-0.25, -0.2) is 0 Å². The molecule has 0 spiro atoms. The highest BCUT2D eigenvalue weighted by Crippen LogP contribution is 2.28. The zero-order valence-electron chi connectivity index (χ0n) is 12.2. The highest BCUT2D eigenvalue weighted by molar-refractivity contribution is 6.30. The van der Waals surface area contributed by atoms with Crippen LogP contribution in [-0.4, -0.2) is 35.1 Å². The lowest BCUT2D eigenvalue weighted by Gasteiger charge is -2.26. The minimum absolute atomic E-state index is 0.319. The molecule has 1 aromatic heterocycles. The predicted molar refractivity (Wildman–Crippen MR) is 77.6 cm³/mol. The first-order valence-corrected chi connectivity index (χ1v) is 7.45. The number of hydrogen-bond donors (Lipinski definition) is 1. The maximum absolute atomic E-state index is 6.34. The third-order valence-electron chi connectivity index (χ3n) is 4.11. The van der Waals surface area contributed by atoms with Crippen molar-refractivity contribution in [3.8, 4) is 0 Å². The van der Waals surface area contributed by atoms with Gasteiger partial charge in [0.25, 0.3) is 0 Å². The van der Waals surface area contributed by atoms with Crippen LogP contribution in [0.3, 0.4) is 0 Å². The van der Waals surface area contributed by atoms with Crippen LogP contribution in [0.1, 0.15) is 31.5 Å². The van der Waals surface area contributed by atoms with E-state index in [9.17, 15) is 0 Å². The molecule has 1 aliphatic rings. The molecule has 1 saturated heterocycles. The number of halogens is 1. The molecule has 3 atom stereocenters. The Morgan fingerprint density at radius 2 is 2.32 bits per heavy atom. The molecule has 1 aliphatic heterocycles. The molecule has 0 saturated carbocycles. The molecule has 5 heteroatoms. The van der Waals surface area contributed by atoms with E-state index in [2.05, 4.69) is 24.3 Å². The van der Waals surface area contributed by atoms with Gasteiger partial charge in [0, 0.05) is 31.2 Å². The van der Waals surface area contributed by atoms with Crippen LogP contribution in [0.25, 0.3) is 0 Å². The number of aryl methyl sites for hydroxylation is 2. The second-order valence-electron chi connectivity index (χ2n) is 5.38. The van der Waals surface area contributed by atoms with Crippen LogP contribution in [0.5, 0.6) is 0 Å². The molecule has 0 aromatic carbocycles. The quantitative estimate of drug-likeness (QED) is 0.902. The monoisotopic (exact) mass is 285 g/mol. The summed E-state index contributed by atoms with van der Waals surface area (Å²) in [4.78, 5) is 0. The molecular formula is C14H24ClN3O. The van der Waals surface area contributed by atoms with Crippen LogP contribution in [-0.2, 0) is 18.2 Å². The van der Waals surface area contributed by atoms with Crippen LogP contribution < -0.4 is 5.32 Å². The van der Waals surface area contributed by atoms with Gasteiger partial charge in [-0.3, -0.25) is 4.68 Å². The molecule has 2 heterocycles. The van der Waals surface area contributed by atoms with E-state index in [0.717, 1.165) is 42.4 Å². The molecule has 1 N–H and O–H groups in total. The molecule has 108 valence electrons. The molecule has 1 fully saturated rings. The average Bonchev–Trinajstić information content (AvgIpc) is 2.88. The summed E-state index contributed by atoms with van der Waals surface area (Å²) in [7, 11) is 1.89. The zero-order valence-corrected chi connectivity index (χ0v) is 13.0. The van der Waals surface area contributed by atoms with Gasteiger partial charge in [0.05, 0.1) is 11.8 Å². The van der Waals surface area contributed by atoms with Crippen LogP contribution in [0.2, 0.25) is 5.15 Å². The van der Waals surface area contributed by atoms with E-state index in [1.807, 2.05) is 14.0 Å². The van der Waals surface area contributed by atoms with E-state index >= 15 is 0 Å². The molecular weight excluding hydrogens is 262 g/mol. The fraction of sp³-hybridized carbons (Fsp3) is 0.786. The van der Waals surface area contributed by atoms with Crippen molar-refractivity contribution < 1.29 is 4.74 Å². The largest absolute Gasteiger partial charge is 0.378 e. The first kappa shape index (κ1) is 14.8. The van der Waals surface area contributed by atoms with Crippen LogP contribution in [0, 0.1) is 12.8 Å². The normalized spacial score (nSPS) is 24.9. The van der Waals surface area contributed by atoms with E-state index in [0.29, 0.717) is 18.1 Å². The van der Waals surface area contributed by atoms with Gasteiger partial charge in [0.15, 0.2) is 0 Å². The van der Waals surface area contributed by atoms with E-state index in [1.165, 1.54) is 0 Å². The number of hydrogen-bond acceptors (Lipinski definition) is 3. The Morgan fingerprint density at radius 1 is 1.58 bits per heavy atom. The van der Waals surface area contributed by atoms with Gasteiger partial charge in [-0.15, -0.1) is 0 Å². The van der Waals surface area contributed by atoms with Crippen molar-refractivity contribution >= 4 is 11.6 Å². The molecule has 4 nitrogen and oxygen atoms in total. The maximum Gasteiger partial charge on any atom is 0.130 e. The topological polar surface area (TPSA) is 39.1 Å². The van der Waals surface area contributed by atoms with E-state index in [4.69, 9.17) is 16.3 Å². The summed E-state index contributed by atoms with van der Waals surface area (Å²) in [5.41, 5.74) is 2.19. The number of nitrogens with zero attached hydrogens (tertiary/aromatic N) is 2. The maximum atomic E-state index is 6.34. The minimum atomic E-state index is 0.319. The fourth-order valence-electron chi connectivity index (χ4n) is 3.04. The van der Waals surface area contributed by atoms with Gasteiger partial charge < -0.3 is 10.1 Å². The molecule has 19 heavy (non-hydrogen) atoms. The summed E-state index contributed by atoms with van der Waals surface area (Å²) in [6.45, 7) is 8.17. The third kappa shape index (κ3) is 3.12. The van der Waals surface area contributed by atoms with E-state index < -0.39 is 0 Å². The van der Waals surface area contributed by atoms with Gasteiger partial charge in [-0.1, -0.05) is 18.5 Å². The Hall–Kier alpha value is -0.580. The summed E-state index contributed by atoms with van der Waals surface area (Å²) >= 11 is 6.34. The molecule has 1 aromatic rings. The highest BCUT2D eigenvalue weighted by atomic mass is 35.5. The summed E-state index contributed by atoms with van der Waals surface area (Å²) < 4.78 is 7.46. The van der Waals surface area contributed by atoms with Crippen molar-refractivity contribution in [2.45, 2.75) is 45.8 Å². The van der Waals surface area contributed by atoms with E-state index in [-0.39, 0.29) is 0 Å². The lowest BCUT2D eigenvalue weighted by molar-refractivity contribution is 0.0956. The van der Waals surface area contributed by atoms with Gasteiger partial charge in [0.1, 0.15) is 5.15 Å². The Morgan fingerprint density at radius 3 is 2.79 bits per heavy atom. The van der Waals surface area contributed by atoms with Gasteiger partial charge in [0.2, 0.25) is 0 Å². The third-order valence-corrected chi connectivity index (χ3v) is 4.58. The second-order valence-corrected chi connectivity index (χ2v) is 5.73. The number of likely N-dealkylation sites (N-methyl/N-ethyl adjacent to an activating group) is 1. The summed E-state index contributed by atoms with van der Waals surface area (Å²) in [5, 5.41) is 8.74. The first-order chi connectivity index (χ1) is 9.04. The first-order valence-electron chi connectivity index (χ1n) is 7.07. The van der Waals surface area contributed by atoms with Crippen LogP contribution >= 0.6 is 11.6 Å². The van der Waals surface area contributed by atoms with Crippen LogP contribution in [0.15, 0.2) is 0 Å². The van der Waals surface area contributed by atoms with Gasteiger partial charge in [-0.05, 0) is 33.2 Å². The van der Waals surface area contributed by atoms with Crippen molar-refractivity contribution in [2.75, 3.05) is 13.2 Å². The SMILES string of the molecule is CCNC(Cc1c(C)nn(C)c1Cl)C1CCOC1C. The number of aromatic nitrogens is 2. The van der Waals surface area contributed by atoms with Crippen molar-refractivity contribution in [1.82, 2.24) is 15.1 Å². The molecule has 2 rings (SSSR count). The van der Waals surface area contributed by atoms with Crippen molar-refractivity contribution in [2.24, 2.45) is 13.0 Å². The fourth-order valence-corrected chi connectivity index (χ4v) is 3.29. The van der Waals surface area contributed by atoms with Crippen molar-refractivity contribution in [3.05, 3.63) is 16.4 Å². The standard InChI is InChI=1S/C14H24ClN3O/c1-5-16-13(11-6-7-19-10(11)3)8-12-9(2)17-18(4)14(12)15/h10-11,13,16H,5-8H2,1-4H3. The Balaban J connectivity index is 2.16. The second kappa shape index (κ2) is 6.25. The molecule has 0 radical (unpaired) electrons. The highest BCUT2D eigenvalue weighted by Gasteiger charge is 2.32. The summed E-state index contributed by atoms with van der Waals surface area (Å²) in [6.07, 6.45) is 2.36. The molecule has 0 amide bonds. The van der Waals surface area contributed by atoms with Gasteiger partial charge in [-0.2, -0.15) is 5.10 Å². The van der Waals surface area contributed by atoms with E-state index in [1.54, 1.807) is 4.68 Å². The Labute approximate surface area is 120 Å². The molecule has 3 unspecified atom stereocenters. The lowest BCUT2D eigenvalue weighted by atomic mass is 9.89. The number of rotatable bonds is 5. The Kier molecular flexibility index (Phi) is 4.87. The average molecular weight is 286 g/mol. The molecule has 0 bridgehead atoms. The Bertz CT molecular complexity index is 433. The molecule has 0 aliphatic carbocycles. The minimum Gasteiger partial charge on any atom is -0.378 e. The van der Waals surface area contributed by atoms with Crippen molar-refractivity contribution in [1.29, 1.82) is 0 Å². The van der Waals surface area contributed by atoms with Crippen molar-refractivity contribution in [3.63, 3.8) is 0 Å². The van der Waals surface area contributed by atoms with Gasteiger partial charge >= 0.3 is 0 Å². The van der Waals surface area contributed by atoms with Crippen LogP contribution in [0.4, 0.5) is 0 Å². The summed E-state index contributed by atoms with van der Waals surface area (Å²) in [6, 6.07) is 0.405. The zero-order chi connectivity index (χ0) is 14.0. The number of ether oxygens (including phenoxy) is 1.